The van der Waals surface area contributed by atoms with Gasteiger partial charge in [0.1, 0.15) is 0 Å². The van der Waals surface area contributed by atoms with Gasteiger partial charge >= 0.3 is 0 Å². The van der Waals surface area contributed by atoms with Crippen molar-refractivity contribution in [3.8, 4) is 0 Å². The van der Waals surface area contributed by atoms with E-state index in [1.807, 2.05) is 0 Å². The molecule has 1 aromatic rings. The molecule has 1 aromatic carbocycles. The maximum Gasteiger partial charge on any atom is 0.0698 e. The molecule has 19 heavy (non-hydrogen) atoms. The highest BCUT2D eigenvalue weighted by Gasteiger charge is 2.21. The van der Waals surface area contributed by atoms with Crippen molar-refractivity contribution in [3.63, 3.8) is 0 Å². The molecule has 1 heterocycles. The van der Waals surface area contributed by atoms with E-state index in [-0.39, 0.29) is 6.04 Å². The summed E-state index contributed by atoms with van der Waals surface area (Å²) >= 11 is 0. The monoisotopic (exact) mass is 262 g/mol. The van der Waals surface area contributed by atoms with Crippen molar-refractivity contribution in [2.75, 3.05) is 26.7 Å². The average molecular weight is 262 g/mol. The third-order valence-corrected chi connectivity index (χ3v) is 4.08. The summed E-state index contributed by atoms with van der Waals surface area (Å²) in [6.45, 7) is 7.33. The molecule has 2 rings (SSSR count). The maximum absolute atomic E-state index is 6.40. The SMILES string of the molecule is COC1CCCN(CC(N)c2cc(C)ccc2C)C1. The highest BCUT2D eigenvalue weighted by molar-refractivity contribution is 5.33. The van der Waals surface area contributed by atoms with Crippen molar-refractivity contribution in [1.82, 2.24) is 4.90 Å². The van der Waals surface area contributed by atoms with Gasteiger partial charge in [-0.05, 0) is 44.4 Å². The molecular formula is C16H26N2O. The Morgan fingerprint density at radius 1 is 1.42 bits per heavy atom. The average Bonchev–Trinajstić information content (AvgIpc) is 2.41. The Morgan fingerprint density at radius 3 is 2.95 bits per heavy atom. The van der Waals surface area contributed by atoms with Crippen LogP contribution in [0.1, 0.15) is 35.6 Å². The van der Waals surface area contributed by atoms with E-state index < -0.39 is 0 Å². The highest BCUT2D eigenvalue weighted by atomic mass is 16.5. The van der Waals surface area contributed by atoms with Crippen molar-refractivity contribution < 1.29 is 4.74 Å². The lowest BCUT2D eigenvalue weighted by Crippen LogP contribution is -2.42. The molecule has 0 saturated carbocycles. The second kappa shape index (κ2) is 6.51. The minimum atomic E-state index is 0.0931. The lowest BCUT2D eigenvalue weighted by atomic mass is 9.98. The predicted molar refractivity (Wildman–Crippen MR) is 79.3 cm³/mol. The quantitative estimate of drug-likeness (QED) is 0.905. The van der Waals surface area contributed by atoms with Crippen molar-refractivity contribution in [2.45, 2.75) is 38.8 Å². The van der Waals surface area contributed by atoms with E-state index >= 15 is 0 Å². The van der Waals surface area contributed by atoms with E-state index in [0.29, 0.717) is 6.10 Å². The van der Waals surface area contributed by atoms with E-state index in [4.69, 9.17) is 10.5 Å². The minimum Gasteiger partial charge on any atom is -0.380 e. The zero-order valence-electron chi connectivity index (χ0n) is 12.4. The first-order valence-corrected chi connectivity index (χ1v) is 7.18. The molecule has 0 radical (unpaired) electrons. The third-order valence-electron chi connectivity index (χ3n) is 4.08. The number of aryl methyl sites for hydroxylation is 2. The Balaban J connectivity index is 2.00. The Bertz CT molecular complexity index is 419. The fourth-order valence-corrected chi connectivity index (χ4v) is 2.91. The molecule has 0 amide bonds. The summed E-state index contributed by atoms with van der Waals surface area (Å²) in [5.74, 6) is 0. The molecule has 3 heteroatoms. The van der Waals surface area contributed by atoms with Crippen LogP contribution in [0.5, 0.6) is 0 Å². The first-order chi connectivity index (χ1) is 9.10. The molecule has 0 aliphatic carbocycles. The molecule has 1 saturated heterocycles. The summed E-state index contributed by atoms with van der Waals surface area (Å²) in [5.41, 5.74) is 10.2. The summed E-state index contributed by atoms with van der Waals surface area (Å²) in [6.07, 6.45) is 2.75. The second-order valence-corrected chi connectivity index (χ2v) is 5.73. The van der Waals surface area contributed by atoms with Gasteiger partial charge in [0, 0.05) is 26.2 Å². The van der Waals surface area contributed by atoms with E-state index in [2.05, 4.69) is 36.9 Å². The summed E-state index contributed by atoms with van der Waals surface area (Å²) in [7, 11) is 1.80. The van der Waals surface area contributed by atoms with Gasteiger partial charge in [-0.2, -0.15) is 0 Å². The molecule has 2 N–H and O–H groups in total. The molecule has 0 spiro atoms. The molecule has 1 aliphatic rings. The fourth-order valence-electron chi connectivity index (χ4n) is 2.91. The van der Waals surface area contributed by atoms with Gasteiger partial charge in [-0.3, -0.25) is 4.90 Å². The smallest absolute Gasteiger partial charge is 0.0698 e. The number of nitrogens with two attached hydrogens (primary N) is 1. The number of piperidine rings is 1. The maximum atomic E-state index is 6.40. The Kier molecular flexibility index (Phi) is 4.97. The highest BCUT2D eigenvalue weighted by Crippen LogP contribution is 2.20. The topological polar surface area (TPSA) is 38.5 Å². The largest absolute Gasteiger partial charge is 0.380 e. The van der Waals surface area contributed by atoms with E-state index in [9.17, 15) is 0 Å². The van der Waals surface area contributed by atoms with Crippen LogP contribution in [0.25, 0.3) is 0 Å². The van der Waals surface area contributed by atoms with Gasteiger partial charge in [0.15, 0.2) is 0 Å². The summed E-state index contributed by atoms with van der Waals surface area (Å²) in [4.78, 5) is 2.43. The van der Waals surface area contributed by atoms with E-state index in [1.165, 1.54) is 29.5 Å². The lowest BCUT2D eigenvalue weighted by Gasteiger charge is -2.33. The number of methoxy groups -OCH3 is 1. The fraction of sp³-hybridized carbons (Fsp3) is 0.625. The van der Waals surface area contributed by atoms with Crippen LogP contribution in [0, 0.1) is 13.8 Å². The van der Waals surface area contributed by atoms with Crippen LogP contribution in [0.15, 0.2) is 18.2 Å². The van der Waals surface area contributed by atoms with Gasteiger partial charge in [-0.1, -0.05) is 23.8 Å². The van der Waals surface area contributed by atoms with Gasteiger partial charge in [0.2, 0.25) is 0 Å². The number of benzene rings is 1. The summed E-state index contributed by atoms with van der Waals surface area (Å²) < 4.78 is 5.47. The van der Waals surface area contributed by atoms with Crippen LogP contribution in [-0.2, 0) is 4.74 Å². The number of ether oxygens (including phenoxy) is 1. The molecule has 0 aromatic heterocycles. The molecule has 2 unspecified atom stereocenters. The minimum absolute atomic E-state index is 0.0931. The summed E-state index contributed by atoms with van der Waals surface area (Å²) in [6, 6.07) is 6.62. The first kappa shape index (κ1) is 14.5. The van der Waals surface area contributed by atoms with Crippen molar-refractivity contribution in [2.24, 2.45) is 5.73 Å². The van der Waals surface area contributed by atoms with E-state index in [0.717, 1.165) is 19.6 Å². The number of likely N-dealkylation sites (tertiary alicyclic amines) is 1. The van der Waals surface area contributed by atoms with Crippen LogP contribution in [0.4, 0.5) is 0 Å². The number of nitrogens with zero attached hydrogens (tertiary/aromatic N) is 1. The van der Waals surface area contributed by atoms with Gasteiger partial charge in [0.05, 0.1) is 6.10 Å². The standard InChI is InChI=1S/C16H26N2O/c1-12-6-7-13(2)15(9-12)16(17)11-18-8-4-5-14(10-18)19-3/h6-7,9,14,16H,4-5,8,10-11,17H2,1-3H3. The molecule has 1 fully saturated rings. The number of hydrogen-bond donors (Lipinski definition) is 1. The molecule has 106 valence electrons. The van der Waals surface area contributed by atoms with Crippen molar-refractivity contribution >= 4 is 0 Å². The predicted octanol–water partition coefficient (Wildman–Crippen LogP) is 2.41. The molecule has 3 nitrogen and oxygen atoms in total. The van der Waals surface area contributed by atoms with Crippen molar-refractivity contribution in [1.29, 1.82) is 0 Å². The van der Waals surface area contributed by atoms with E-state index in [1.54, 1.807) is 7.11 Å². The Morgan fingerprint density at radius 2 is 2.21 bits per heavy atom. The number of rotatable bonds is 4. The van der Waals surface area contributed by atoms with Crippen LogP contribution in [0.3, 0.4) is 0 Å². The summed E-state index contributed by atoms with van der Waals surface area (Å²) in [5, 5.41) is 0. The van der Waals surface area contributed by atoms with Gasteiger partial charge in [0.25, 0.3) is 0 Å². The first-order valence-electron chi connectivity index (χ1n) is 7.18. The molecular weight excluding hydrogens is 236 g/mol. The molecule has 0 bridgehead atoms. The van der Waals surface area contributed by atoms with Gasteiger partial charge in [-0.25, -0.2) is 0 Å². The van der Waals surface area contributed by atoms with Gasteiger partial charge in [-0.15, -0.1) is 0 Å². The van der Waals surface area contributed by atoms with Crippen molar-refractivity contribution in [3.05, 3.63) is 34.9 Å². The van der Waals surface area contributed by atoms with Crippen LogP contribution in [0.2, 0.25) is 0 Å². The normalized spacial score (nSPS) is 22.4. The van der Waals surface area contributed by atoms with Crippen LogP contribution in [-0.4, -0.2) is 37.7 Å². The van der Waals surface area contributed by atoms with Crippen LogP contribution >= 0.6 is 0 Å². The van der Waals surface area contributed by atoms with Gasteiger partial charge < -0.3 is 10.5 Å². The Hall–Kier alpha value is -0.900. The Labute approximate surface area is 116 Å². The lowest BCUT2D eigenvalue weighted by molar-refractivity contribution is 0.0294. The third kappa shape index (κ3) is 3.78. The number of hydrogen-bond acceptors (Lipinski definition) is 3. The zero-order valence-corrected chi connectivity index (χ0v) is 12.4. The van der Waals surface area contributed by atoms with Crippen LogP contribution < -0.4 is 5.73 Å². The molecule has 1 aliphatic heterocycles. The second-order valence-electron chi connectivity index (χ2n) is 5.73. The zero-order chi connectivity index (χ0) is 13.8. The molecule has 2 atom stereocenters.